The van der Waals surface area contributed by atoms with Crippen LogP contribution in [0.2, 0.25) is 0 Å². The van der Waals surface area contributed by atoms with Crippen molar-refractivity contribution in [3.05, 3.63) is 41.5 Å². The van der Waals surface area contributed by atoms with Gasteiger partial charge in [-0.05, 0) is 35.7 Å². The minimum atomic E-state index is 0.460. The number of anilines is 1. The number of hydrogen-bond donors (Lipinski definition) is 2. The first-order valence-corrected chi connectivity index (χ1v) is 5.85. The maximum Gasteiger partial charge on any atom is 0.178 e. The molecule has 2 aromatic heterocycles. The van der Waals surface area contributed by atoms with Gasteiger partial charge >= 0.3 is 0 Å². The van der Waals surface area contributed by atoms with Crippen LogP contribution >= 0.6 is 0 Å². The third kappa shape index (κ3) is 2.20. The van der Waals surface area contributed by atoms with E-state index in [2.05, 4.69) is 20.4 Å². The molecule has 6 nitrogen and oxygen atoms in total. The van der Waals surface area contributed by atoms with Gasteiger partial charge in [-0.3, -0.25) is 0 Å². The molecule has 0 aliphatic rings. The molecule has 19 heavy (non-hydrogen) atoms. The number of benzene rings is 1. The predicted octanol–water partition coefficient (Wildman–Crippen LogP) is 1.53. The Balaban J connectivity index is 1.97. The summed E-state index contributed by atoms with van der Waals surface area (Å²) in [4.78, 5) is 4.14. The highest BCUT2D eigenvalue weighted by molar-refractivity contribution is 5.76. The van der Waals surface area contributed by atoms with Gasteiger partial charge in [0.05, 0.1) is 7.11 Å². The molecule has 0 spiro atoms. The Kier molecular flexibility index (Phi) is 2.75. The maximum atomic E-state index is 5.78. The maximum absolute atomic E-state index is 5.78. The topological polar surface area (TPSA) is 89.7 Å². The summed E-state index contributed by atoms with van der Waals surface area (Å²) in [6.45, 7) is 0. The lowest BCUT2D eigenvalue weighted by Crippen LogP contribution is -1.96. The van der Waals surface area contributed by atoms with Crippen LogP contribution in [-0.4, -0.2) is 27.5 Å². The Hall–Kier alpha value is -2.63. The minimum Gasteiger partial charge on any atom is -0.497 e. The fraction of sp³-hybridized carbons (Fsp3) is 0.154. The third-order valence-electron chi connectivity index (χ3n) is 2.95. The molecular weight excluding hydrogens is 242 g/mol. The number of nitrogens with one attached hydrogen (secondary N) is 1. The van der Waals surface area contributed by atoms with E-state index < -0.39 is 0 Å². The molecule has 96 valence electrons. The van der Waals surface area contributed by atoms with Crippen molar-refractivity contribution in [2.45, 2.75) is 6.42 Å². The normalized spacial score (nSPS) is 10.8. The highest BCUT2D eigenvalue weighted by atomic mass is 16.5. The lowest BCUT2D eigenvalue weighted by atomic mass is 10.0. The number of aromatic nitrogens is 4. The van der Waals surface area contributed by atoms with Crippen LogP contribution in [0.25, 0.3) is 11.2 Å². The Morgan fingerprint density at radius 2 is 2.05 bits per heavy atom. The molecule has 0 aliphatic carbocycles. The van der Waals surface area contributed by atoms with Gasteiger partial charge in [0.15, 0.2) is 5.65 Å². The number of hydrogen-bond acceptors (Lipinski definition) is 5. The van der Waals surface area contributed by atoms with Gasteiger partial charge in [0, 0.05) is 0 Å². The number of pyridine rings is 1. The fourth-order valence-electron chi connectivity index (χ4n) is 2.02. The van der Waals surface area contributed by atoms with Crippen molar-refractivity contribution in [3.8, 4) is 5.75 Å². The Morgan fingerprint density at radius 1 is 1.26 bits per heavy atom. The van der Waals surface area contributed by atoms with Crippen molar-refractivity contribution in [1.82, 2.24) is 20.4 Å². The van der Waals surface area contributed by atoms with Crippen LogP contribution in [0.1, 0.15) is 11.1 Å². The molecule has 0 unspecified atom stereocenters. The van der Waals surface area contributed by atoms with Gasteiger partial charge in [-0.25, -0.2) is 10.1 Å². The Bertz CT molecular complexity index is 705. The predicted molar refractivity (Wildman–Crippen MR) is 71.9 cm³/mol. The van der Waals surface area contributed by atoms with Crippen LogP contribution < -0.4 is 10.5 Å². The molecule has 0 saturated heterocycles. The number of methoxy groups -OCH3 is 1. The summed E-state index contributed by atoms with van der Waals surface area (Å²) in [7, 11) is 1.65. The summed E-state index contributed by atoms with van der Waals surface area (Å²) in [6.07, 6.45) is 0.722. The minimum absolute atomic E-state index is 0.460. The van der Waals surface area contributed by atoms with Gasteiger partial charge in [0.1, 0.15) is 17.1 Å². The van der Waals surface area contributed by atoms with Crippen molar-refractivity contribution < 1.29 is 4.74 Å². The van der Waals surface area contributed by atoms with Gasteiger partial charge in [-0.2, -0.15) is 0 Å². The molecule has 1 aromatic carbocycles. The number of fused-ring (bicyclic) bond motifs is 1. The zero-order chi connectivity index (χ0) is 13.2. The van der Waals surface area contributed by atoms with Gasteiger partial charge in [0.2, 0.25) is 0 Å². The van der Waals surface area contributed by atoms with Gasteiger partial charge < -0.3 is 10.5 Å². The standard InChI is InChI=1S/C13H13N5O/c1-19-10-4-2-8(3-5-10)6-9-7-11(14)15-13-12(9)16-18-17-13/h2-5,7H,6H2,1H3,(H3,14,15,16,17,18). The van der Waals surface area contributed by atoms with E-state index in [-0.39, 0.29) is 0 Å². The largest absolute Gasteiger partial charge is 0.497 e. The van der Waals surface area contributed by atoms with Crippen LogP contribution in [0.3, 0.4) is 0 Å². The van der Waals surface area contributed by atoms with Crippen molar-refractivity contribution in [1.29, 1.82) is 0 Å². The molecule has 3 rings (SSSR count). The molecule has 3 N–H and O–H groups in total. The third-order valence-corrected chi connectivity index (χ3v) is 2.95. The van der Waals surface area contributed by atoms with Crippen LogP contribution in [0.15, 0.2) is 30.3 Å². The number of nitrogen functional groups attached to an aromatic ring is 1. The fourth-order valence-corrected chi connectivity index (χ4v) is 2.02. The molecule has 0 bridgehead atoms. The second-order valence-corrected chi connectivity index (χ2v) is 4.24. The van der Waals surface area contributed by atoms with Crippen LogP contribution in [0.4, 0.5) is 5.82 Å². The molecule has 0 aliphatic heterocycles. The SMILES string of the molecule is COc1ccc(Cc2cc(N)nc3[nH]nnc23)cc1. The van der Waals surface area contributed by atoms with Crippen LogP contribution in [0.5, 0.6) is 5.75 Å². The zero-order valence-corrected chi connectivity index (χ0v) is 10.4. The van der Waals surface area contributed by atoms with E-state index in [1.165, 1.54) is 0 Å². The van der Waals surface area contributed by atoms with E-state index in [0.29, 0.717) is 11.5 Å². The quantitative estimate of drug-likeness (QED) is 0.740. The summed E-state index contributed by atoms with van der Waals surface area (Å²) >= 11 is 0. The Morgan fingerprint density at radius 3 is 2.79 bits per heavy atom. The van der Waals surface area contributed by atoms with Crippen molar-refractivity contribution in [2.24, 2.45) is 0 Å². The van der Waals surface area contributed by atoms with Crippen molar-refractivity contribution in [2.75, 3.05) is 12.8 Å². The molecule has 6 heteroatoms. The number of nitrogens with zero attached hydrogens (tertiary/aromatic N) is 3. The summed E-state index contributed by atoms with van der Waals surface area (Å²) in [5, 5.41) is 10.5. The molecule has 0 atom stereocenters. The summed E-state index contributed by atoms with van der Waals surface area (Å²) in [5.41, 5.74) is 9.30. The molecule has 0 radical (unpaired) electrons. The monoisotopic (exact) mass is 255 g/mol. The highest BCUT2D eigenvalue weighted by Gasteiger charge is 2.08. The average Bonchev–Trinajstić information content (AvgIpc) is 2.88. The number of ether oxygens (including phenoxy) is 1. The van der Waals surface area contributed by atoms with E-state index in [1.54, 1.807) is 7.11 Å². The van der Waals surface area contributed by atoms with Crippen molar-refractivity contribution in [3.63, 3.8) is 0 Å². The van der Waals surface area contributed by atoms with E-state index in [9.17, 15) is 0 Å². The van der Waals surface area contributed by atoms with Crippen LogP contribution in [-0.2, 0) is 6.42 Å². The molecule has 2 heterocycles. The molecular formula is C13H13N5O. The van der Waals surface area contributed by atoms with E-state index in [0.717, 1.165) is 28.8 Å². The smallest absolute Gasteiger partial charge is 0.178 e. The first-order valence-electron chi connectivity index (χ1n) is 5.85. The molecule has 0 amide bonds. The second kappa shape index (κ2) is 4.56. The molecule has 0 saturated carbocycles. The molecule has 0 fully saturated rings. The summed E-state index contributed by atoms with van der Waals surface area (Å²) < 4.78 is 5.14. The lowest BCUT2D eigenvalue weighted by molar-refractivity contribution is 0.414. The summed E-state index contributed by atoms with van der Waals surface area (Å²) in [5.74, 6) is 1.30. The zero-order valence-electron chi connectivity index (χ0n) is 10.4. The van der Waals surface area contributed by atoms with Crippen LogP contribution in [0, 0.1) is 0 Å². The molecule has 3 aromatic rings. The van der Waals surface area contributed by atoms with E-state index >= 15 is 0 Å². The van der Waals surface area contributed by atoms with Crippen molar-refractivity contribution >= 4 is 17.0 Å². The number of aromatic amines is 1. The van der Waals surface area contributed by atoms with E-state index in [4.69, 9.17) is 10.5 Å². The Labute approximate surface area is 109 Å². The number of rotatable bonds is 3. The van der Waals surface area contributed by atoms with Gasteiger partial charge in [-0.15, -0.1) is 5.10 Å². The highest BCUT2D eigenvalue weighted by Crippen LogP contribution is 2.20. The number of nitrogens with two attached hydrogens (primary N) is 1. The second-order valence-electron chi connectivity index (χ2n) is 4.24. The average molecular weight is 255 g/mol. The lowest BCUT2D eigenvalue weighted by Gasteiger charge is -2.05. The van der Waals surface area contributed by atoms with Gasteiger partial charge in [-0.1, -0.05) is 17.3 Å². The van der Waals surface area contributed by atoms with Gasteiger partial charge in [0.25, 0.3) is 0 Å². The number of H-pyrrole nitrogens is 1. The first-order chi connectivity index (χ1) is 9.26. The summed E-state index contributed by atoms with van der Waals surface area (Å²) in [6, 6.07) is 9.72. The first kappa shape index (κ1) is 11.5. The van der Waals surface area contributed by atoms with E-state index in [1.807, 2.05) is 30.3 Å².